The number of likely N-dealkylation sites (tertiary alicyclic amines) is 1. The third-order valence-electron chi connectivity index (χ3n) is 5.42. The van der Waals surface area contributed by atoms with Crippen molar-refractivity contribution in [2.45, 2.75) is 33.1 Å². The molecule has 2 aliphatic heterocycles. The average Bonchev–Trinajstić information content (AvgIpc) is 3.08. The fourth-order valence-corrected chi connectivity index (χ4v) is 4.09. The summed E-state index contributed by atoms with van der Waals surface area (Å²) in [4.78, 5) is 29.9. The predicted octanol–water partition coefficient (Wildman–Crippen LogP) is 2.90. The van der Waals surface area contributed by atoms with Crippen LogP contribution >= 0.6 is 0 Å². The number of H-pyrrole nitrogens is 1. The molecule has 2 aromatic rings. The molecule has 0 saturated carbocycles. The van der Waals surface area contributed by atoms with E-state index >= 15 is 0 Å². The smallest absolute Gasteiger partial charge is 0.259 e. The first-order chi connectivity index (χ1) is 12.9. The molecule has 0 unspecified atom stereocenters. The van der Waals surface area contributed by atoms with Crippen LogP contribution in [-0.4, -0.2) is 35.7 Å². The molecule has 2 aliphatic rings. The highest BCUT2D eigenvalue weighted by Crippen LogP contribution is 2.37. The molecule has 0 spiro atoms. The van der Waals surface area contributed by atoms with Gasteiger partial charge in [0.05, 0.1) is 0 Å². The van der Waals surface area contributed by atoms with Crippen LogP contribution in [0.5, 0.6) is 11.5 Å². The zero-order chi connectivity index (χ0) is 19.0. The highest BCUT2D eigenvalue weighted by atomic mass is 16.7. The van der Waals surface area contributed by atoms with Gasteiger partial charge in [-0.15, -0.1) is 0 Å². The summed E-state index contributed by atoms with van der Waals surface area (Å²) in [6.07, 6.45) is 4.34. The number of aryl methyl sites for hydroxylation is 1. The van der Waals surface area contributed by atoms with Crippen LogP contribution < -0.4 is 14.9 Å². The van der Waals surface area contributed by atoms with Crippen molar-refractivity contribution < 1.29 is 14.3 Å². The van der Waals surface area contributed by atoms with E-state index in [1.807, 2.05) is 17.0 Å². The number of hydrogen-bond donors (Lipinski definition) is 1. The first-order valence-corrected chi connectivity index (χ1v) is 9.31. The van der Waals surface area contributed by atoms with Gasteiger partial charge in [0.25, 0.3) is 5.91 Å². The van der Waals surface area contributed by atoms with E-state index in [0.717, 1.165) is 36.5 Å². The summed E-state index contributed by atoms with van der Waals surface area (Å²) in [6.45, 7) is 5.59. The molecule has 0 aliphatic carbocycles. The number of carbonyl (C=O) groups is 1. The number of aromatic nitrogens is 1. The first-order valence-electron chi connectivity index (χ1n) is 9.31. The number of piperidine rings is 1. The minimum absolute atomic E-state index is 0.0426. The maximum absolute atomic E-state index is 12.9. The number of rotatable bonds is 3. The summed E-state index contributed by atoms with van der Waals surface area (Å²) in [5, 5.41) is 0. The van der Waals surface area contributed by atoms with E-state index in [1.165, 1.54) is 17.8 Å². The van der Waals surface area contributed by atoms with E-state index in [4.69, 9.17) is 9.47 Å². The Morgan fingerprint density at radius 3 is 2.89 bits per heavy atom. The van der Waals surface area contributed by atoms with E-state index in [9.17, 15) is 9.59 Å². The maximum atomic E-state index is 12.9. The summed E-state index contributed by atoms with van der Waals surface area (Å²) in [6, 6.07) is 7.50. The molecule has 0 radical (unpaired) electrons. The van der Waals surface area contributed by atoms with Crippen LogP contribution in [0, 0.1) is 12.3 Å². The van der Waals surface area contributed by atoms with Gasteiger partial charge in [0.1, 0.15) is 5.56 Å². The van der Waals surface area contributed by atoms with Crippen molar-refractivity contribution in [3.8, 4) is 11.5 Å². The highest BCUT2D eigenvalue weighted by Gasteiger charge is 2.34. The van der Waals surface area contributed by atoms with Gasteiger partial charge in [0.2, 0.25) is 6.79 Å². The van der Waals surface area contributed by atoms with Crippen molar-refractivity contribution in [1.82, 2.24) is 9.88 Å². The molecule has 6 nitrogen and oxygen atoms in total. The van der Waals surface area contributed by atoms with E-state index in [1.54, 1.807) is 6.92 Å². The van der Waals surface area contributed by atoms with E-state index in [-0.39, 0.29) is 29.1 Å². The molecule has 1 aromatic heterocycles. The SMILES string of the molecule is Cc1cc(=O)c(C(=O)N2CCC[C@@](C)(Cc3ccc4c(c3)OCO4)C2)c[nH]1. The average molecular weight is 368 g/mol. The van der Waals surface area contributed by atoms with Crippen LogP contribution in [-0.2, 0) is 6.42 Å². The van der Waals surface area contributed by atoms with Crippen molar-refractivity contribution in [3.63, 3.8) is 0 Å². The molecule has 3 heterocycles. The number of aromatic amines is 1. The third-order valence-corrected chi connectivity index (χ3v) is 5.42. The molecule has 1 saturated heterocycles. The quantitative estimate of drug-likeness (QED) is 0.904. The summed E-state index contributed by atoms with van der Waals surface area (Å²) in [5.41, 5.74) is 1.87. The van der Waals surface area contributed by atoms with Gasteiger partial charge >= 0.3 is 0 Å². The highest BCUT2D eigenvalue weighted by molar-refractivity contribution is 5.93. The molecular formula is C21H24N2O4. The van der Waals surface area contributed by atoms with Crippen LogP contribution in [0.2, 0.25) is 0 Å². The van der Waals surface area contributed by atoms with Gasteiger partial charge in [-0.3, -0.25) is 9.59 Å². The zero-order valence-electron chi connectivity index (χ0n) is 15.7. The molecule has 1 atom stereocenters. The number of nitrogens with zero attached hydrogens (tertiary/aromatic N) is 1. The maximum Gasteiger partial charge on any atom is 0.259 e. The van der Waals surface area contributed by atoms with Crippen LogP contribution in [0.3, 0.4) is 0 Å². The van der Waals surface area contributed by atoms with E-state index < -0.39 is 0 Å². The number of fused-ring (bicyclic) bond motifs is 1. The summed E-state index contributed by atoms with van der Waals surface area (Å²) in [5.74, 6) is 1.38. The van der Waals surface area contributed by atoms with Gasteiger partial charge in [-0.1, -0.05) is 13.0 Å². The van der Waals surface area contributed by atoms with Crippen molar-refractivity contribution in [2.24, 2.45) is 5.41 Å². The number of ether oxygens (including phenoxy) is 2. The van der Waals surface area contributed by atoms with Gasteiger partial charge in [-0.05, 0) is 49.3 Å². The molecule has 4 rings (SSSR count). The number of amides is 1. The lowest BCUT2D eigenvalue weighted by atomic mass is 9.76. The Morgan fingerprint density at radius 2 is 2.07 bits per heavy atom. The molecular weight excluding hydrogens is 344 g/mol. The van der Waals surface area contributed by atoms with Crippen molar-refractivity contribution in [1.29, 1.82) is 0 Å². The Hall–Kier alpha value is -2.76. The normalized spacial score (nSPS) is 21.3. The second-order valence-corrected chi connectivity index (χ2v) is 7.90. The molecule has 6 heteroatoms. The Kier molecular flexibility index (Phi) is 4.42. The minimum Gasteiger partial charge on any atom is -0.454 e. The molecule has 1 aromatic carbocycles. The minimum atomic E-state index is -0.223. The lowest BCUT2D eigenvalue weighted by molar-refractivity contribution is 0.0549. The number of nitrogens with one attached hydrogen (secondary N) is 1. The Bertz CT molecular complexity index is 936. The number of pyridine rings is 1. The fraction of sp³-hybridized carbons (Fsp3) is 0.429. The van der Waals surface area contributed by atoms with Gasteiger partial charge in [0, 0.05) is 31.0 Å². The molecule has 1 fully saturated rings. The zero-order valence-corrected chi connectivity index (χ0v) is 15.7. The van der Waals surface area contributed by atoms with Crippen LogP contribution in [0.1, 0.15) is 41.4 Å². The largest absolute Gasteiger partial charge is 0.454 e. The second-order valence-electron chi connectivity index (χ2n) is 7.90. The van der Waals surface area contributed by atoms with Gasteiger partial charge in [-0.2, -0.15) is 0 Å². The Labute approximate surface area is 158 Å². The van der Waals surface area contributed by atoms with Crippen LogP contribution in [0.25, 0.3) is 0 Å². The molecule has 0 bridgehead atoms. The summed E-state index contributed by atoms with van der Waals surface area (Å²) < 4.78 is 10.9. The topological polar surface area (TPSA) is 71.6 Å². The number of hydrogen-bond acceptors (Lipinski definition) is 4. The first kappa shape index (κ1) is 17.6. The van der Waals surface area contributed by atoms with Crippen LogP contribution in [0.15, 0.2) is 35.3 Å². The second kappa shape index (κ2) is 6.76. The summed E-state index contributed by atoms with van der Waals surface area (Å²) >= 11 is 0. The Balaban J connectivity index is 1.51. The lowest BCUT2D eigenvalue weighted by Gasteiger charge is -2.40. The monoisotopic (exact) mass is 368 g/mol. The van der Waals surface area contributed by atoms with Gasteiger partial charge < -0.3 is 19.4 Å². The molecule has 1 amide bonds. The standard InChI is InChI=1S/C21H24N2O4/c1-14-8-17(24)16(11-22-14)20(25)23-7-3-6-21(2,12-23)10-15-4-5-18-19(9-15)27-13-26-18/h4-5,8-9,11H,3,6-7,10,12-13H2,1-2H3,(H,22,24)/t21-/m0/s1. The molecule has 27 heavy (non-hydrogen) atoms. The van der Waals surface area contributed by atoms with Crippen molar-refractivity contribution in [2.75, 3.05) is 19.9 Å². The predicted molar refractivity (Wildman–Crippen MR) is 101 cm³/mol. The van der Waals surface area contributed by atoms with E-state index in [0.29, 0.717) is 13.1 Å². The van der Waals surface area contributed by atoms with Crippen molar-refractivity contribution >= 4 is 5.91 Å². The van der Waals surface area contributed by atoms with Crippen LogP contribution in [0.4, 0.5) is 0 Å². The molecule has 142 valence electrons. The fourth-order valence-electron chi connectivity index (χ4n) is 4.09. The van der Waals surface area contributed by atoms with Gasteiger partial charge in [0.15, 0.2) is 16.9 Å². The van der Waals surface area contributed by atoms with Crippen molar-refractivity contribution in [3.05, 3.63) is 57.5 Å². The Morgan fingerprint density at radius 1 is 1.26 bits per heavy atom. The lowest BCUT2D eigenvalue weighted by Crippen LogP contribution is -2.46. The van der Waals surface area contributed by atoms with Gasteiger partial charge in [-0.25, -0.2) is 0 Å². The molecule has 1 N–H and O–H groups in total. The number of carbonyl (C=O) groups excluding carboxylic acids is 1. The van der Waals surface area contributed by atoms with E-state index in [2.05, 4.69) is 18.0 Å². The third kappa shape index (κ3) is 3.56. The summed E-state index contributed by atoms with van der Waals surface area (Å²) in [7, 11) is 0. The number of benzene rings is 1.